The van der Waals surface area contributed by atoms with Crippen LogP contribution in [0.3, 0.4) is 0 Å². The number of amides is 1. The summed E-state index contributed by atoms with van der Waals surface area (Å²) in [5.74, 6) is 2.00. The van der Waals surface area contributed by atoms with Gasteiger partial charge in [0.25, 0.3) is 5.91 Å². The van der Waals surface area contributed by atoms with E-state index in [1.54, 1.807) is 19.2 Å². The smallest absolute Gasteiger partial charge is 0.255 e. The van der Waals surface area contributed by atoms with Gasteiger partial charge in [-0.25, -0.2) is 0 Å². The van der Waals surface area contributed by atoms with Gasteiger partial charge in [-0.15, -0.1) is 0 Å². The van der Waals surface area contributed by atoms with Crippen molar-refractivity contribution >= 4 is 5.91 Å². The number of hydrogen-bond acceptors (Lipinski definition) is 5. The number of carbonyl (C=O) groups is 1. The summed E-state index contributed by atoms with van der Waals surface area (Å²) >= 11 is 0. The monoisotopic (exact) mass is 368 g/mol. The van der Waals surface area contributed by atoms with Gasteiger partial charge in [0.2, 0.25) is 6.79 Å². The van der Waals surface area contributed by atoms with Crippen LogP contribution in [0.25, 0.3) is 0 Å². The second-order valence-electron chi connectivity index (χ2n) is 6.78. The van der Waals surface area contributed by atoms with Crippen LogP contribution >= 0.6 is 0 Å². The average molecular weight is 368 g/mol. The third-order valence-electron chi connectivity index (χ3n) is 5.17. The number of likely N-dealkylation sites (tertiary alicyclic amines) is 1. The number of hydrogen-bond donors (Lipinski definition) is 1. The maximum Gasteiger partial charge on any atom is 0.255 e. The molecule has 0 aliphatic carbocycles. The molecule has 0 spiro atoms. The molecule has 2 heterocycles. The van der Waals surface area contributed by atoms with Crippen molar-refractivity contribution in [3.05, 3.63) is 53.6 Å². The summed E-state index contributed by atoms with van der Waals surface area (Å²) in [6.45, 7) is 2.85. The second-order valence-corrected chi connectivity index (χ2v) is 6.78. The summed E-state index contributed by atoms with van der Waals surface area (Å²) in [7, 11) is 1.58. The number of benzene rings is 2. The molecule has 4 rings (SSSR count). The van der Waals surface area contributed by atoms with Crippen LogP contribution < -0.4 is 19.5 Å². The van der Waals surface area contributed by atoms with E-state index < -0.39 is 0 Å². The van der Waals surface area contributed by atoms with Gasteiger partial charge < -0.3 is 19.5 Å². The molecule has 2 aliphatic heterocycles. The first-order valence-corrected chi connectivity index (χ1v) is 9.31. The molecule has 1 N–H and O–H groups in total. The molecule has 2 aliphatic rings. The minimum atomic E-state index is -0.127. The lowest BCUT2D eigenvalue weighted by atomic mass is 10.0. The van der Waals surface area contributed by atoms with Crippen LogP contribution in [0.2, 0.25) is 0 Å². The molecule has 1 atom stereocenters. The highest BCUT2D eigenvalue weighted by Gasteiger charge is 2.26. The first-order chi connectivity index (χ1) is 13.3. The van der Waals surface area contributed by atoms with Crippen LogP contribution in [0.5, 0.6) is 17.2 Å². The fourth-order valence-electron chi connectivity index (χ4n) is 3.75. The van der Waals surface area contributed by atoms with E-state index in [-0.39, 0.29) is 18.7 Å². The average Bonchev–Trinajstić information content (AvgIpc) is 3.39. The van der Waals surface area contributed by atoms with Crippen LogP contribution in [-0.2, 0) is 0 Å². The Morgan fingerprint density at radius 1 is 1.15 bits per heavy atom. The summed E-state index contributed by atoms with van der Waals surface area (Å²) < 4.78 is 16.3. The van der Waals surface area contributed by atoms with E-state index in [0.717, 1.165) is 30.2 Å². The largest absolute Gasteiger partial charge is 0.496 e. The quantitative estimate of drug-likeness (QED) is 0.849. The number of methoxy groups -OCH3 is 1. The van der Waals surface area contributed by atoms with Crippen molar-refractivity contribution in [1.29, 1.82) is 0 Å². The molecule has 1 amide bonds. The van der Waals surface area contributed by atoms with Crippen molar-refractivity contribution in [3.8, 4) is 17.2 Å². The number of nitrogens with one attached hydrogen (secondary N) is 1. The summed E-state index contributed by atoms with van der Waals surface area (Å²) in [6.07, 6.45) is 2.36. The Labute approximate surface area is 159 Å². The number of ether oxygens (including phenoxy) is 3. The molecule has 0 saturated carbocycles. The van der Waals surface area contributed by atoms with Crippen molar-refractivity contribution in [3.63, 3.8) is 0 Å². The molecule has 1 fully saturated rings. The van der Waals surface area contributed by atoms with E-state index in [1.165, 1.54) is 12.8 Å². The predicted molar refractivity (Wildman–Crippen MR) is 101 cm³/mol. The van der Waals surface area contributed by atoms with E-state index in [9.17, 15) is 4.79 Å². The lowest BCUT2D eigenvalue weighted by Gasteiger charge is -2.28. The normalized spacial score (nSPS) is 16.9. The molecule has 0 unspecified atom stereocenters. The van der Waals surface area contributed by atoms with Gasteiger partial charge in [-0.1, -0.05) is 18.2 Å². The van der Waals surface area contributed by atoms with Gasteiger partial charge in [0.15, 0.2) is 11.5 Å². The van der Waals surface area contributed by atoms with E-state index in [1.807, 2.05) is 24.3 Å². The Kier molecular flexibility index (Phi) is 5.16. The molecule has 6 nitrogen and oxygen atoms in total. The standard InChI is InChI=1S/C21H24N2O4/c1-25-18-7-3-2-6-16(18)21(24)22-13-17(23-10-4-5-11-23)15-8-9-19-20(12-15)27-14-26-19/h2-3,6-9,12,17H,4-5,10-11,13-14H2,1H3,(H,22,24)/t17-/m0/s1. The molecule has 1 saturated heterocycles. The van der Waals surface area contributed by atoms with Crippen molar-refractivity contribution in [2.24, 2.45) is 0 Å². The molecule has 0 bridgehead atoms. The van der Waals surface area contributed by atoms with Crippen molar-refractivity contribution < 1.29 is 19.0 Å². The van der Waals surface area contributed by atoms with Crippen LogP contribution in [0.4, 0.5) is 0 Å². The summed E-state index contributed by atoms with van der Waals surface area (Å²) in [4.78, 5) is 15.1. The lowest BCUT2D eigenvalue weighted by Crippen LogP contribution is -2.36. The first kappa shape index (κ1) is 17.7. The van der Waals surface area contributed by atoms with Crippen molar-refractivity contribution in [2.45, 2.75) is 18.9 Å². The predicted octanol–water partition coefficient (Wildman–Crippen LogP) is 2.99. The third kappa shape index (κ3) is 3.71. The molecule has 0 aromatic heterocycles. The van der Waals surface area contributed by atoms with E-state index >= 15 is 0 Å². The van der Waals surface area contributed by atoms with E-state index in [0.29, 0.717) is 17.9 Å². The Morgan fingerprint density at radius 2 is 1.93 bits per heavy atom. The number of fused-ring (bicyclic) bond motifs is 1. The zero-order valence-corrected chi connectivity index (χ0v) is 15.4. The Hall–Kier alpha value is -2.73. The molecule has 142 valence electrons. The van der Waals surface area contributed by atoms with Gasteiger partial charge >= 0.3 is 0 Å². The van der Waals surface area contributed by atoms with Crippen LogP contribution in [0, 0.1) is 0 Å². The Balaban J connectivity index is 1.52. The maximum absolute atomic E-state index is 12.7. The topological polar surface area (TPSA) is 60.0 Å². The van der Waals surface area contributed by atoms with Gasteiger partial charge in [-0.2, -0.15) is 0 Å². The van der Waals surface area contributed by atoms with Gasteiger partial charge in [-0.05, 0) is 55.8 Å². The minimum absolute atomic E-state index is 0.0978. The fourth-order valence-corrected chi connectivity index (χ4v) is 3.75. The maximum atomic E-state index is 12.7. The van der Waals surface area contributed by atoms with Gasteiger partial charge in [0.05, 0.1) is 18.7 Å². The summed E-state index contributed by atoms with van der Waals surface area (Å²) in [6, 6.07) is 13.4. The molecule has 2 aromatic carbocycles. The third-order valence-corrected chi connectivity index (χ3v) is 5.17. The van der Waals surface area contributed by atoms with Crippen molar-refractivity contribution in [1.82, 2.24) is 10.2 Å². The van der Waals surface area contributed by atoms with Crippen LogP contribution in [0.1, 0.15) is 34.8 Å². The number of nitrogens with zero attached hydrogens (tertiary/aromatic N) is 1. The number of para-hydroxylation sites is 1. The van der Waals surface area contributed by atoms with Crippen molar-refractivity contribution in [2.75, 3.05) is 33.5 Å². The Morgan fingerprint density at radius 3 is 2.74 bits per heavy atom. The molecule has 2 aromatic rings. The summed E-state index contributed by atoms with van der Waals surface area (Å²) in [5.41, 5.74) is 1.67. The zero-order chi connectivity index (χ0) is 18.6. The van der Waals surface area contributed by atoms with Crippen LogP contribution in [0.15, 0.2) is 42.5 Å². The lowest BCUT2D eigenvalue weighted by molar-refractivity contribution is 0.0935. The summed E-state index contributed by atoms with van der Waals surface area (Å²) in [5, 5.41) is 3.08. The zero-order valence-electron chi connectivity index (χ0n) is 15.4. The van der Waals surface area contributed by atoms with Gasteiger partial charge in [0.1, 0.15) is 5.75 Å². The molecule has 6 heteroatoms. The second kappa shape index (κ2) is 7.88. The van der Waals surface area contributed by atoms with Gasteiger partial charge in [0, 0.05) is 6.54 Å². The SMILES string of the molecule is COc1ccccc1C(=O)NC[C@@H](c1ccc2c(c1)OCO2)N1CCCC1. The van der Waals surface area contributed by atoms with Gasteiger partial charge in [-0.3, -0.25) is 9.69 Å². The fraction of sp³-hybridized carbons (Fsp3) is 0.381. The van der Waals surface area contributed by atoms with E-state index in [2.05, 4.69) is 16.3 Å². The minimum Gasteiger partial charge on any atom is -0.496 e. The molecular formula is C21H24N2O4. The first-order valence-electron chi connectivity index (χ1n) is 9.31. The highest BCUT2D eigenvalue weighted by atomic mass is 16.7. The Bertz CT molecular complexity index is 818. The molecule has 27 heavy (non-hydrogen) atoms. The molecular weight excluding hydrogens is 344 g/mol. The number of rotatable bonds is 6. The highest BCUT2D eigenvalue weighted by Crippen LogP contribution is 2.36. The number of carbonyl (C=O) groups excluding carboxylic acids is 1. The van der Waals surface area contributed by atoms with E-state index in [4.69, 9.17) is 14.2 Å². The molecule has 0 radical (unpaired) electrons. The highest BCUT2D eigenvalue weighted by molar-refractivity contribution is 5.96. The van der Waals surface area contributed by atoms with Crippen LogP contribution in [-0.4, -0.2) is 44.3 Å².